The lowest BCUT2D eigenvalue weighted by atomic mass is 10.1. The maximum Gasteiger partial charge on any atom is 0.258 e. The molecule has 0 aliphatic rings. The predicted octanol–water partition coefficient (Wildman–Crippen LogP) is 3.95. The molecule has 0 spiro atoms. The quantitative estimate of drug-likeness (QED) is 0.724. The van der Waals surface area contributed by atoms with Crippen LogP contribution in [0.25, 0.3) is 22.8 Å². The molecule has 0 atom stereocenters. The Bertz CT molecular complexity index is 750. The minimum atomic E-state index is 0.450. The number of anilines is 1. The lowest BCUT2D eigenvalue weighted by Crippen LogP contribution is -1.87. The normalized spacial score (nSPS) is 10.7. The van der Waals surface area contributed by atoms with E-state index in [1.807, 2.05) is 31.2 Å². The molecule has 0 radical (unpaired) electrons. The van der Waals surface area contributed by atoms with E-state index in [4.69, 9.17) is 21.9 Å². The molecule has 1 heterocycles. The zero-order valence-electron chi connectivity index (χ0n) is 10.8. The van der Waals surface area contributed by atoms with Gasteiger partial charge in [0.2, 0.25) is 5.82 Å². The fraction of sp³-hybridized carbons (Fsp3) is 0.0667. The Balaban J connectivity index is 1.99. The summed E-state index contributed by atoms with van der Waals surface area (Å²) in [6, 6.07) is 13.1. The SMILES string of the molecule is Cc1ccc(-c2nc(-c3ccc(N)cc3Cl)no2)cc1. The fourth-order valence-electron chi connectivity index (χ4n) is 1.86. The minimum absolute atomic E-state index is 0.450. The summed E-state index contributed by atoms with van der Waals surface area (Å²) in [5, 5.41) is 4.47. The average molecular weight is 286 g/mol. The van der Waals surface area contributed by atoms with Crippen molar-refractivity contribution in [2.45, 2.75) is 6.92 Å². The number of hydrogen-bond acceptors (Lipinski definition) is 4. The van der Waals surface area contributed by atoms with Crippen LogP contribution in [0.4, 0.5) is 5.69 Å². The molecule has 0 aliphatic carbocycles. The average Bonchev–Trinajstić information content (AvgIpc) is 2.89. The molecule has 0 bridgehead atoms. The molecule has 0 amide bonds. The summed E-state index contributed by atoms with van der Waals surface area (Å²) < 4.78 is 5.28. The van der Waals surface area contributed by atoms with Crippen LogP contribution in [0, 0.1) is 6.92 Å². The van der Waals surface area contributed by atoms with Crippen molar-refractivity contribution in [3.8, 4) is 22.8 Å². The topological polar surface area (TPSA) is 64.9 Å². The van der Waals surface area contributed by atoms with E-state index in [-0.39, 0.29) is 0 Å². The van der Waals surface area contributed by atoms with Crippen molar-refractivity contribution in [2.24, 2.45) is 0 Å². The highest BCUT2D eigenvalue weighted by molar-refractivity contribution is 6.33. The lowest BCUT2D eigenvalue weighted by Gasteiger charge is -1.99. The molecular formula is C15H12ClN3O. The Morgan fingerprint density at radius 2 is 1.85 bits per heavy atom. The Morgan fingerprint density at radius 3 is 2.55 bits per heavy atom. The van der Waals surface area contributed by atoms with Crippen LogP contribution < -0.4 is 5.73 Å². The smallest absolute Gasteiger partial charge is 0.258 e. The number of halogens is 1. The zero-order chi connectivity index (χ0) is 14.1. The van der Waals surface area contributed by atoms with Crippen molar-refractivity contribution < 1.29 is 4.52 Å². The minimum Gasteiger partial charge on any atom is -0.399 e. The lowest BCUT2D eigenvalue weighted by molar-refractivity contribution is 0.432. The second-order valence-electron chi connectivity index (χ2n) is 4.53. The van der Waals surface area contributed by atoms with Crippen molar-refractivity contribution in [3.63, 3.8) is 0 Å². The second-order valence-corrected chi connectivity index (χ2v) is 4.94. The number of nitrogen functional groups attached to an aromatic ring is 1. The third kappa shape index (κ3) is 2.38. The summed E-state index contributed by atoms with van der Waals surface area (Å²) in [5.74, 6) is 0.915. The number of benzene rings is 2. The molecular weight excluding hydrogens is 274 g/mol. The van der Waals surface area contributed by atoms with Crippen LogP contribution in [0.1, 0.15) is 5.56 Å². The summed E-state index contributed by atoms with van der Waals surface area (Å²) in [6.45, 7) is 2.02. The van der Waals surface area contributed by atoms with E-state index in [1.54, 1.807) is 18.2 Å². The van der Waals surface area contributed by atoms with Gasteiger partial charge in [-0.25, -0.2) is 0 Å². The van der Waals surface area contributed by atoms with Gasteiger partial charge in [0.05, 0.1) is 5.02 Å². The van der Waals surface area contributed by atoms with Crippen LogP contribution in [0.3, 0.4) is 0 Å². The first kappa shape index (κ1) is 12.7. The van der Waals surface area contributed by atoms with Gasteiger partial charge in [0.1, 0.15) is 0 Å². The Morgan fingerprint density at radius 1 is 1.10 bits per heavy atom. The van der Waals surface area contributed by atoms with Crippen molar-refractivity contribution in [2.75, 3.05) is 5.73 Å². The number of rotatable bonds is 2. The highest BCUT2D eigenvalue weighted by Gasteiger charge is 2.13. The van der Waals surface area contributed by atoms with Crippen LogP contribution >= 0.6 is 11.6 Å². The fourth-order valence-corrected chi connectivity index (χ4v) is 2.13. The van der Waals surface area contributed by atoms with Gasteiger partial charge in [0, 0.05) is 16.8 Å². The van der Waals surface area contributed by atoms with Crippen molar-refractivity contribution >= 4 is 17.3 Å². The molecule has 5 heteroatoms. The van der Waals surface area contributed by atoms with E-state index in [0.29, 0.717) is 28.0 Å². The summed E-state index contributed by atoms with van der Waals surface area (Å²) in [5.41, 5.74) is 9.01. The van der Waals surface area contributed by atoms with Crippen LogP contribution in [0.5, 0.6) is 0 Å². The van der Waals surface area contributed by atoms with Gasteiger partial charge >= 0.3 is 0 Å². The number of aromatic nitrogens is 2. The third-order valence-electron chi connectivity index (χ3n) is 2.96. The molecule has 0 saturated heterocycles. The Hall–Kier alpha value is -2.33. The monoisotopic (exact) mass is 285 g/mol. The Labute approximate surface area is 121 Å². The molecule has 3 aromatic rings. The van der Waals surface area contributed by atoms with Gasteiger partial charge in [0.25, 0.3) is 5.89 Å². The molecule has 0 aliphatic heterocycles. The maximum absolute atomic E-state index is 6.14. The summed E-state index contributed by atoms with van der Waals surface area (Å²) in [6.07, 6.45) is 0. The predicted molar refractivity (Wildman–Crippen MR) is 79.3 cm³/mol. The van der Waals surface area contributed by atoms with Gasteiger partial charge in [-0.2, -0.15) is 4.98 Å². The second kappa shape index (κ2) is 4.98. The maximum atomic E-state index is 6.14. The van der Waals surface area contributed by atoms with Crippen LogP contribution in [0.15, 0.2) is 47.0 Å². The van der Waals surface area contributed by atoms with Crippen molar-refractivity contribution in [1.29, 1.82) is 0 Å². The molecule has 100 valence electrons. The molecule has 3 rings (SSSR count). The van der Waals surface area contributed by atoms with E-state index >= 15 is 0 Å². The standard InChI is InChI=1S/C15H12ClN3O/c1-9-2-4-10(5-3-9)15-18-14(19-20-15)12-7-6-11(17)8-13(12)16/h2-8H,17H2,1H3. The van der Waals surface area contributed by atoms with E-state index in [1.165, 1.54) is 5.56 Å². The van der Waals surface area contributed by atoms with Gasteiger partial charge in [-0.3, -0.25) is 0 Å². The van der Waals surface area contributed by atoms with Crippen LogP contribution in [-0.2, 0) is 0 Å². The first-order valence-corrected chi connectivity index (χ1v) is 6.47. The van der Waals surface area contributed by atoms with Gasteiger partial charge < -0.3 is 10.3 Å². The first-order valence-electron chi connectivity index (χ1n) is 6.09. The zero-order valence-corrected chi connectivity index (χ0v) is 11.6. The highest BCUT2D eigenvalue weighted by atomic mass is 35.5. The van der Waals surface area contributed by atoms with E-state index in [0.717, 1.165) is 5.56 Å². The van der Waals surface area contributed by atoms with Crippen molar-refractivity contribution in [1.82, 2.24) is 10.1 Å². The van der Waals surface area contributed by atoms with E-state index in [9.17, 15) is 0 Å². The summed E-state index contributed by atoms with van der Waals surface area (Å²) >= 11 is 6.14. The van der Waals surface area contributed by atoms with Crippen LogP contribution in [-0.4, -0.2) is 10.1 Å². The van der Waals surface area contributed by atoms with Crippen LogP contribution in [0.2, 0.25) is 5.02 Å². The first-order chi connectivity index (χ1) is 9.63. The van der Waals surface area contributed by atoms with Gasteiger partial charge in [-0.1, -0.05) is 34.5 Å². The third-order valence-corrected chi connectivity index (χ3v) is 3.27. The van der Waals surface area contributed by atoms with Crippen molar-refractivity contribution in [3.05, 3.63) is 53.1 Å². The van der Waals surface area contributed by atoms with Gasteiger partial charge in [-0.05, 0) is 37.3 Å². The molecule has 2 N–H and O–H groups in total. The molecule has 4 nitrogen and oxygen atoms in total. The number of hydrogen-bond donors (Lipinski definition) is 1. The highest BCUT2D eigenvalue weighted by Crippen LogP contribution is 2.29. The molecule has 0 fully saturated rings. The molecule has 0 unspecified atom stereocenters. The van der Waals surface area contributed by atoms with E-state index in [2.05, 4.69) is 10.1 Å². The van der Waals surface area contributed by atoms with Gasteiger partial charge in [0.15, 0.2) is 0 Å². The van der Waals surface area contributed by atoms with Gasteiger partial charge in [-0.15, -0.1) is 0 Å². The molecule has 2 aromatic carbocycles. The van der Waals surface area contributed by atoms with E-state index < -0.39 is 0 Å². The summed E-state index contributed by atoms with van der Waals surface area (Å²) in [4.78, 5) is 4.37. The largest absolute Gasteiger partial charge is 0.399 e. The molecule has 0 saturated carbocycles. The number of nitrogens with two attached hydrogens (primary N) is 1. The number of nitrogens with zero attached hydrogens (tertiary/aromatic N) is 2. The molecule has 1 aromatic heterocycles. The number of aryl methyl sites for hydroxylation is 1. The summed E-state index contributed by atoms with van der Waals surface area (Å²) in [7, 11) is 0. The molecule has 20 heavy (non-hydrogen) atoms. The Kier molecular flexibility index (Phi) is 3.16.